The fourth-order valence-corrected chi connectivity index (χ4v) is 4.28. The van der Waals surface area contributed by atoms with E-state index in [-0.39, 0.29) is 27.3 Å². The van der Waals surface area contributed by atoms with Gasteiger partial charge in [0.1, 0.15) is 4.90 Å². The van der Waals surface area contributed by atoms with Gasteiger partial charge in [0.25, 0.3) is 5.91 Å². The van der Waals surface area contributed by atoms with Crippen LogP contribution in [-0.4, -0.2) is 31.8 Å². The highest BCUT2D eigenvalue weighted by molar-refractivity contribution is 9.10. The van der Waals surface area contributed by atoms with Crippen LogP contribution in [0.15, 0.2) is 20.0 Å². The Hall–Kier alpha value is -0.860. The lowest BCUT2D eigenvalue weighted by atomic mass is 9.86. The van der Waals surface area contributed by atoms with Crippen LogP contribution < -0.4 is 5.14 Å². The van der Waals surface area contributed by atoms with E-state index in [1.54, 1.807) is 4.90 Å². The summed E-state index contributed by atoms with van der Waals surface area (Å²) in [6, 6.07) is 1.26. The Morgan fingerprint density at radius 3 is 2.57 bits per heavy atom. The topological polar surface area (TPSA) is 93.6 Å². The zero-order valence-corrected chi connectivity index (χ0v) is 14.6. The Kier molecular flexibility index (Phi) is 4.51. The number of nitrogens with zero attached hydrogens (tertiary/aromatic N) is 1. The third kappa shape index (κ3) is 3.32. The highest BCUT2D eigenvalue weighted by Gasteiger charge is 2.34. The van der Waals surface area contributed by atoms with Crippen molar-refractivity contribution < 1.29 is 17.6 Å². The van der Waals surface area contributed by atoms with E-state index in [2.05, 4.69) is 29.8 Å². The summed E-state index contributed by atoms with van der Waals surface area (Å²) < 4.78 is 28.0. The second kappa shape index (κ2) is 5.73. The largest absolute Gasteiger partial charge is 0.443 e. The first kappa shape index (κ1) is 16.5. The van der Waals surface area contributed by atoms with E-state index in [0.717, 1.165) is 6.42 Å². The standard InChI is InChI=1S/C13H19BrN2O4S/c1-7-4-8(2)9(3)16(6-7)13(17)10-5-11(12(14)20-10)21(15,18)19/h5,7-9H,4,6H2,1-3H3,(H2,15,18,19). The molecule has 118 valence electrons. The van der Waals surface area contributed by atoms with Gasteiger partial charge in [-0.25, -0.2) is 13.6 Å². The smallest absolute Gasteiger partial charge is 0.289 e. The highest BCUT2D eigenvalue weighted by atomic mass is 79.9. The van der Waals surface area contributed by atoms with Crippen LogP contribution in [0, 0.1) is 11.8 Å². The average molecular weight is 379 g/mol. The van der Waals surface area contributed by atoms with Crippen molar-refractivity contribution in [3.05, 3.63) is 16.5 Å². The Labute approximate surface area is 132 Å². The Balaban J connectivity index is 2.32. The number of rotatable bonds is 2. The maximum atomic E-state index is 12.6. The van der Waals surface area contributed by atoms with Crippen molar-refractivity contribution >= 4 is 31.9 Å². The molecule has 2 heterocycles. The fraction of sp³-hybridized carbons (Fsp3) is 0.615. The van der Waals surface area contributed by atoms with Crippen LogP contribution in [0.5, 0.6) is 0 Å². The minimum absolute atomic E-state index is 0.0148. The lowest BCUT2D eigenvalue weighted by molar-refractivity contribution is 0.0424. The molecule has 0 aromatic carbocycles. The molecule has 0 radical (unpaired) electrons. The number of likely N-dealkylation sites (tertiary alicyclic amines) is 1. The molecule has 0 bridgehead atoms. The molecule has 6 nitrogen and oxygen atoms in total. The monoisotopic (exact) mass is 378 g/mol. The van der Waals surface area contributed by atoms with Crippen molar-refractivity contribution in [2.24, 2.45) is 17.0 Å². The number of sulfonamides is 1. The SMILES string of the molecule is CC1CC(C)C(C)N(C(=O)c2cc(S(N)(=O)=O)c(Br)o2)C1. The van der Waals surface area contributed by atoms with Gasteiger partial charge in [0.15, 0.2) is 10.4 Å². The summed E-state index contributed by atoms with van der Waals surface area (Å²) in [5.74, 6) is 0.459. The molecule has 21 heavy (non-hydrogen) atoms. The van der Waals surface area contributed by atoms with E-state index in [1.165, 1.54) is 6.07 Å². The van der Waals surface area contributed by atoms with Crippen LogP contribution in [0.4, 0.5) is 0 Å². The minimum Gasteiger partial charge on any atom is -0.443 e. The third-order valence-electron chi connectivity index (χ3n) is 4.03. The van der Waals surface area contributed by atoms with Crippen LogP contribution >= 0.6 is 15.9 Å². The number of carbonyl (C=O) groups excluding carboxylic acids is 1. The Morgan fingerprint density at radius 2 is 2.05 bits per heavy atom. The van der Waals surface area contributed by atoms with Crippen LogP contribution in [-0.2, 0) is 10.0 Å². The van der Waals surface area contributed by atoms with E-state index in [4.69, 9.17) is 9.56 Å². The van der Waals surface area contributed by atoms with Crippen LogP contribution in [0.1, 0.15) is 37.7 Å². The number of amides is 1. The first-order valence-corrected chi connectivity index (χ1v) is 9.08. The second-order valence-corrected chi connectivity index (χ2v) is 8.06. The van der Waals surface area contributed by atoms with Crippen molar-refractivity contribution in [1.29, 1.82) is 0 Å². The van der Waals surface area contributed by atoms with Crippen molar-refractivity contribution in [2.75, 3.05) is 6.54 Å². The molecule has 1 fully saturated rings. The molecule has 8 heteroatoms. The number of carbonyl (C=O) groups is 1. The minimum atomic E-state index is -3.92. The van der Waals surface area contributed by atoms with E-state index >= 15 is 0 Å². The molecule has 1 aromatic heterocycles. The van der Waals surface area contributed by atoms with Crippen LogP contribution in [0.3, 0.4) is 0 Å². The molecule has 2 rings (SSSR count). The molecule has 0 saturated carbocycles. The summed E-state index contributed by atoms with van der Waals surface area (Å²) >= 11 is 2.99. The first-order chi connectivity index (χ1) is 9.61. The van der Waals surface area contributed by atoms with Gasteiger partial charge in [-0.3, -0.25) is 4.79 Å². The maximum Gasteiger partial charge on any atom is 0.289 e. The van der Waals surface area contributed by atoms with Crippen molar-refractivity contribution in [3.8, 4) is 0 Å². The molecule has 3 atom stereocenters. The van der Waals surface area contributed by atoms with Gasteiger partial charge in [0.05, 0.1) is 0 Å². The summed E-state index contributed by atoms with van der Waals surface area (Å²) in [7, 11) is -3.92. The molecule has 3 unspecified atom stereocenters. The number of halogens is 1. The predicted molar refractivity (Wildman–Crippen MR) is 81.2 cm³/mol. The summed E-state index contributed by atoms with van der Waals surface area (Å²) in [6.07, 6.45) is 1.06. The van der Waals surface area contributed by atoms with Gasteiger partial charge in [-0.05, 0) is 41.1 Å². The highest BCUT2D eigenvalue weighted by Crippen LogP contribution is 2.31. The molecule has 1 aliphatic heterocycles. The van der Waals surface area contributed by atoms with E-state index in [9.17, 15) is 13.2 Å². The van der Waals surface area contributed by atoms with Crippen LogP contribution in [0.2, 0.25) is 0 Å². The molecular weight excluding hydrogens is 360 g/mol. The van der Waals surface area contributed by atoms with Gasteiger partial charge < -0.3 is 9.32 Å². The van der Waals surface area contributed by atoms with Gasteiger partial charge in [-0.15, -0.1) is 0 Å². The maximum absolute atomic E-state index is 12.6. The molecule has 0 aliphatic carbocycles. The molecule has 1 aliphatic rings. The molecular formula is C13H19BrN2O4S. The Morgan fingerprint density at radius 1 is 1.43 bits per heavy atom. The third-order valence-corrected chi connectivity index (χ3v) is 5.80. The van der Waals surface area contributed by atoms with Crippen molar-refractivity contribution in [3.63, 3.8) is 0 Å². The normalized spacial score (nSPS) is 26.9. The predicted octanol–water partition coefficient (Wildman–Crippen LogP) is 2.20. The number of nitrogens with two attached hydrogens (primary N) is 1. The zero-order chi connectivity index (χ0) is 15.9. The lowest BCUT2D eigenvalue weighted by Gasteiger charge is -2.40. The van der Waals surface area contributed by atoms with E-state index < -0.39 is 10.0 Å². The molecule has 2 N–H and O–H groups in total. The second-order valence-electron chi connectivity index (χ2n) is 5.81. The lowest BCUT2D eigenvalue weighted by Crippen LogP contribution is -2.48. The molecule has 1 aromatic rings. The first-order valence-electron chi connectivity index (χ1n) is 6.74. The number of primary sulfonamides is 1. The van der Waals surface area contributed by atoms with Gasteiger partial charge in [0.2, 0.25) is 10.0 Å². The number of piperidine rings is 1. The zero-order valence-electron chi connectivity index (χ0n) is 12.2. The molecule has 0 spiro atoms. The average Bonchev–Trinajstić information content (AvgIpc) is 2.75. The van der Waals surface area contributed by atoms with Gasteiger partial charge in [-0.1, -0.05) is 13.8 Å². The fourth-order valence-electron chi connectivity index (χ4n) is 2.78. The quantitative estimate of drug-likeness (QED) is 0.853. The van der Waals surface area contributed by atoms with E-state index in [0.29, 0.717) is 18.4 Å². The number of hydrogen-bond acceptors (Lipinski definition) is 4. The van der Waals surface area contributed by atoms with Gasteiger partial charge in [0, 0.05) is 18.7 Å². The van der Waals surface area contributed by atoms with Crippen LogP contribution in [0.25, 0.3) is 0 Å². The van der Waals surface area contributed by atoms with Gasteiger partial charge >= 0.3 is 0 Å². The summed E-state index contributed by atoms with van der Waals surface area (Å²) in [6.45, 7) is 6.82. The summed E-state index contributed by atoms with van der Waals surface area (Å²) in [5.41, 5.74) is 0. The van der Waals surface area contributed by atoms with Crippen molar-refractivity contribution in [1.82, 2.24) is 4.90 Å². The molecule has 1 amide bonds. The Bertz CT molecular complexity index is 655. The van der Waals surface area contributed by atoms with Crippen molar-refractivity contribution in [2.45, 2.75) is 38.1 Å². The van der Waals surface area contributed by atoms with E-state index in [1.807, 2.05) is 6.92 Å². The summed E-state index contributed by atoms with van der Waals surface area (Å²) in [4.78, 5) is 14.1. The van der Waals surface area contributed by atoms with Gasteiger partial charge in [-0.2, -0.15) is 0 Å². The number of hydrogen-bond donors (Lipinski definition) is 1. The number of furan rings is 1. The molecule has 1 saturated heterocycles. The summed E-state index contributed by atoms with van der Waals surface area (Å²) in [5, 5.41) is 5.08.